The van der Waals surface area contributed by atoms with Gasteiger partial charge in [-0.05, 0) is 49.2 Å². The molecule has 136 valence electrons. The molecule has 1 atom stereocenters. The van der Waals surface area contributed by atoms with E-state index in [1.54, 1.807) is 0 Å². The molecule has 2 fully saturated rings. The Kier molecular flexibility index (Phi) is 4.16. The van der Waals surface area contributed by atoms with E-state index in [-0.39, 0.29) is 6.17 Å². The van der Waals surface area contributed by atoms with Gasteiger partial charge in [0.1, 0.15) is 5.84 Å². The van der Waals surface area contributed by atoms with Crippen molar-refractivity contribution in [2.75, 3.05) is 13.1 Å². The number of halogens is 1. The lowest BCUT2D eigenvalue weighted by Crippen LogP contribution is -2.42. The first kappa shape index (κ1) is 16.2. The molecule has 1 unspecified atom stereocenters. The molecule has 26 heavy (non-hydrogen) atoms. The molecule has 1 N–H and O–H groups in total. The van der Waals surface area contributed by atoms with Crippen molar-refractivity contribution in [1.29, 1.82) is 0 Å². The van der Waals surface area contributed by atoms with Gasteiger partial charge in [-0.2, -0.15) is 5.10 Å². The summed E-state index contributed by atoms with van der Waals surface area (Å²) in [5.41, 5.74) is 5.87. The van der Waals surface area contributed by atoms with Crippen LogP contribution in [0.3, 0.4) is 0 Å². The molecule has 1 aliphatic carbocycles. The van der Waals surface area contributed by atoms with Gasteiger partial charge >= 0.3 is 0 Å². The summed E-state index contributed by atoms with van der Waals surface area (Å²) in [6.07, 6.45) is 10.4. The number of allylic oxidation sites excluding steroid dienone is 1. The zero-order valence-corrected chi connectivity index (χ0v) is 15.7. The molecule has 4 aliphatic rings. The van der Waals surface area contributed by atoms with E-state index in [1.807, 2.05) is 0 Å². The van der Waals surface area contributed by atoms with Gasteiger partial charge in [0.2, 0.25) is 0 Å². The Morgan fingerprint density at radius 2 is 1.85 bits per heavy atom. The quantitative estimate of drug-likeness (QED) is 0.864. The fourth-order valence-electron chi connectivity index (χ4n) is 4.29. The van der Waals surface area contributed by atoms with Crippen LogP contribution in [0.2, 0.25) is 0 Å². The van der Waals surface area contributed by atoms with Gasteiger partial charge in [0.25, 0.3) is 0 Å². The predicted octanol–water partition coefficient (Wildman–Crippen LogP) is 4.19. The minimum Gasteiger partial charge on any atom is -0.370 e. The summed E-state index contributed by atoms with van der Waals surface area (Å²) in [5.74, 6) is 2.62. The van der Waals surface area contributed by atoms with Gasteiger partial charge in [0.15, 0.2) is 6.17 Å². The minimum absolute atomic E-state index is 0.0164. The third-order valence-corrected chi connectivity index (χ3v) is 6.44. The first-order valence-electron chi connectivity index (χ1n) is 9.78. The highest BCUT2D eigenvalue weighted by atomic mass is 35.5. The van der Waals surface area contributed by atoms with Crippen molar-refractivity contribution < 1.29 is 0 Å². The van der Waals surface area contributed by atoms with Crippen molar-refractivity contribution in [2.24, 2.45) is 11.0 Å². The maximum atomic E-state index is 6.80. The van der Waals surface area contributed by atoms with Crippen LogP contribution in [-0.4, -0.2) is 34.9 Å². The summed E-state index contributed by atoms with van der Waals surface area (Å²) >= 11 is 6.80. The number of piperidine rings is 1. The Morgan fingerprint density at radius 3 is 2.58 bits per heavy atom. The lowest BCUT2D eigenvalue weighted by Gasteiger charge is -2.38. The average Bonchev–Trinajstić information content (AvgIpc) is 3.42. The van der Waals surface area contributed by atoms with Crippen molar-refractivity contribution in [2.45, 2.75) is 44.2 Å². The molecule has 1 aromatic rings. The second-order valence-corrected chi connectivity index (χ2v) is 8.24. The van der Waals surface area contributed by atoms with Gasteiger partial charge in [0.05, 0.1) is 10.7 Å². The Hall–Kier alpha value is -1.94. The van der Waals surface area contributed by atoms with Gasteiger partial charge < -0.3 is 9.80 Å². The van der Waals surface area contributed by atoms with E-state index < -0.39 is 0 Å². The molecular weight excluding hydrogens is 344 g/mol. The van der Waals surface area contributed by atoms with Crippen LogP contribution in [0, 0.1) is 5.92 Å². The van der Waals surface area contributed by atoms with Crippen LogP contribution in [0.25, 0.3) is 0 Å². The van der Waals surface area contributed by atoms with E-state index in [0.717, 1.165) is 42.0 Å². The van der Waals surface area contributed by atoms with E-state index >= 15 is 0 Å². The average molecular weight is 369 g/mol. The zero-order chi connectivity index (χ0) is 17.5. The maximum Gasteiger partial charge on any atom is 0.159 e. The van der Waals surface area contributed by atoms with Crippen LogP contribution < -0.4 is 5.43 Å². The number of hydrogen-bond acceptors (Lipinski definition) is 4. The molecule has 0 radical (unpaired) electrons. The molecule has 1 saturated heterocycles. The molecule has 3 heterocycles. The summed E-state index contributed by atoms with van der Waals surface area (Å²) < 4.78 is 0. The largest absolute Gasteiger partial charge is 0.370 e. The summed E-state index contributed by atoms with van der Waals surface area (Å²) in [7, 11) is 0. The number of amidine groups is 1. The monoisotopic (exact) mass is 368 g/mol. The second-order valence-electron chi connectivity index (χ2n) is 7.84. The van der Waals surface area contributed by atoms with Crippen molar-refractivity contribution in [1.82, 2.24) is 15.2 Å². The first-order chi connectivity index (χ1) is 12.8. The molecule has 0 spiro atoms. The van der Waals surface area contributed by atoms with Crippen LogP contribution in [0.4, 0.5) is 0 Å². The van der Waals surface area contributed by atoms with Gasteiger partial charge in [-0.1, -0.05) is 41.9 Å². The number of fused-ring (bicyclic) bond motifs is 1. The Bertz CT molecular complexity index is 757. The molecular formula is C21H25ClN4. The molecule has 0 aromatic heterocycles. The third kappa shape index (κ3) is 3.01. The molecule has 5 rings (SSSR count). The van der Waals surface area contributed by atoms with E-state index in [2.05, 4.69) is 62.9 Å². The van der Waals surface area contributed by atoms with Gasteiger partial charge in [-0.3, -0.25) is 5.43 Å². The molecule has 3 aliphatic heterocycles. The van der Waals surface area contributed by atoms with E-state index in [9.17, 15) is 0 Å². The Labute approximate surface area is 160 Å². The maximum absolute atomic E-state index is 6.80. The lowest BCUT2D eigenvalue weighted by molar-refractivity contribution is 0.262. The molecule has 1 saturated carbocycles. The first-order valence-corrected chi connectivity index (χ1v) is 10.2. The number of nitrogens with zero attached hydrogens (tertiary/aromatic N) is 3. The summed E-state index contributed by atoms with van der Waals surface area (Å²) in [6, 6.07) is 10.9. The van der Waals surface area contributed by atoms with Crippen LogP contribution in [0.5, 0.6) is 0 Å². The zero-order valence-electron chi connectivity index (χ0n) is 14.9. The highest BCUT2D eigenvalue weighted by Crippen LogP contribution is 2.37. The normalized spacial score (nSPS) is 26.0. The van der Waals surface area contributed by atoms with Gasteiger partial charge in [-0.15, -0.1) is 0 Å². The highest BCUT2D eigenvalue weighted by Gasteiger charge is 2.36. The van der Waals surface area contributed by atoms with E-state index in [0.29, 0.717) is 5.92 Å². The third-order valence-electron chi connectivity index (χ3n) is 6.04. The highest BCUT2D eigenvalue weighted by molar-refractivity contribution is 6.31. The molecule has 5 heteroatoms. The number of hydrogen-bond donors (Lipinski definition) is 1. The number of likely N-dealkylation sites (tertiary alicyclic amines) is 1. The van der Waals surface area contributed by atoms with Crippen LogP contribution >= 0.6 is 11.6 Å². The fourth-order valence-corrected chi connectivity index (χ4v) is 4.63. The number of benzene rings is 1. The number of hydrazone groups is 1. The van der Waals surface area contributed by atoms with Crippen LogP contribution in [-0.2, 0) is 0 Å². The van der Waals surface area contributed by atoms with Crippen LogP contribution in [0.1, 0.15) is 43.6 Å². The summed E-state index contributed by atoms with van der Waals surface area (Å²) in [4.78, 5) is 4.65. The smallest absolute Gasteiger partial charge is 0.159 e. The summed E-state index contributed by atoms with van der Waals surface area (Å²) in [6.45, 7) is 2.11. The second kappa shape index (κ2) is 6.66. The fraction of sp³-hybridized carbons (Fsp3) is 0.476. The van der Waals surface area contributed by atoms with Crippen molar-refractivity contribution >= 4 is 17.4 Å². The van der Waals surface area contributed by atoms with Crippen molar-refractivity contribution in [3.63, 3.8) is 0 Å². The van der Waals surface area contributed by atoms with E-state index in [1.165, 1.54) is 31.2 Å². The topological polar surface area (TPSA) is 30.9 Å². The minimum atomic E-state index is -0.0164. The number of nitrogens with one attached hydrogen (secondary N) is 1. The van der Waals surface area contributed by atoms with Crippen molar-refractivity contribution in [3.8, 4) is 0 Å². The SMILES string of the molecule is ClC1=C(N2CCC(c3ccccc3)CC2)C=CN2C(CC3CC3)=NNC12. The van der Waals surface area contributed by atoms with Crippen molar-refractivity contribution in [3.05, 3.63) is 58.9 Å². The molecule has 0 amide bonds. The molecule has 1 aromatic carbocycles. The molecule has 4 nitrogen and oxygen atoms in total. The lowest BCUT2D eigenvalue weighted by atomic mass is 9.89. The predicted molar refractivity (Wildman–Crippen MR) is 106 cm³/mol. The van der Waals surface area contributed by atoms with Crippen LogP contribution in [0.15, 0.2) is 58.4 Å². The number of rotatable bonds is 4. The van der Waals surface area contributed by atoms with Gasteiger partial charge in [-0.25, -0.2) is 0 Å². The summed E-state index contributed by atoms with van der Waals surface area (Å²) in [5, 5.41) is 5.42. The van der Waals surface area contributed by atoms with Gasteiger partial charge in [0, 0.05) is 25.7 Å². The van der Waals surface area contributed by atoms with E-state index in [4.69, 9.17) is 11.6 Å². The molecule has 0 bridgehead atoms. The standard InChI is InChI=1S/C21H25ClN4/c22-20-18(10-13-26-19(14-15-6-7-15)23-24-21(20)26)25-11-8-17(9-12-25)16-4-2-1-3-5-16/h1-5,10,13,15,17,21,24H,6-9,11-12,14H2. The Morgan fingerprint density at radius 1 is 1.08 bits per heavy atom. The Balaban J connectivity index is 1.25.